The Kier molecular flexibility index (Phi) is 1.66. The molecule has 2 heterocycles. The molecule has 1 atom stereocenters. The number of aryl methyl sites for hydroxylation is 1. The van der Waals surface area contributed by atoms with Crippen molar-refractivity contribution in [1.82, 2.24) is 4.57 Å². The molecule has 2 nitrogen and oxygen atoms in total. The number of para-hydroxylation sites is 1. The molecule has 1 aliphatic rings. The predicted molar refractivity (Wildman–Crippen MR) is 59.5 cm³/mol. The zero-order valence-corrected chi connectivity index (χ0v) is 8.90. The summed E-state index contributed by atoms with van der Waals surface area (Å²) < 4.78 is 8.10. The minimum absolute atomic E-state index is 0.134. The Balaban J connectivity index is 2.33. The van der Waals surface area contributed by atoms with Crippen molar-refractivity contribution in [3.63, 3.8) is 0 Å². The van der Waals surface area contributed by atoms with Crippen LogP contribution in [0.1, 0.15) is 24.3 Å². The highest BCUT2D eigenvalue weighted by Crippen LogP contribution is 2.37. The second-order valence-corrected chi connectivity index (χ2v) is 3.98. The summed E-state index contributed by atoms with van der Waals surface area (Å²) in [6.07, 6.45) is 2.23. The summed E-state index contributed by atoms with van der Waals surface area (Å²) in [5.41, 5.74) is 3.64. The third kappa shape index (κ3) is 1.11. The van der Waals surface area contributed by atoms with Gasteiger partial charge in [0.25, 0.3) is 0 Å². The molecule has 0 saturated heterocycles. The van der Waals surface area contributed by atoms with Gasteiger partial charge < -0.3 is 9.30 Å². The van der Waals surface area contributed by atoms with E-state index in [2.05, 4.69) is 42.8 Å². The highest BCUT2D eigenvalue weighted by molar-refractivity contribution is 5.55. The molecule has 2 aromatic rings. The molecule has 2 heteroatoms. The Morgan fingerprint density at radius 3 is 2.93 bits per heavy atom. The molecule has 0 radical (unpaired) electrons. The van der Waals surface area contributed by atoms with Crippen molar-refractivity contribution in [2.45, 2.75) is 20.0 Å². The van der Waals surface area contributed by atoms with Crippen LogP contribution < -0.4 is 4.74 Å². The van der Waals surface area contributed by atoms with Crippen LogP contribution in [0.5, 0.6) is 5.75 Å². The maximum absolute atomic E-state index is 5.88. The summed E-state index contributed by atoms with van der Waals surface area (Å²) in [6.45, 7) is 4.19. The van der Waals surface area contributed by atoms with Crippen LogP contribution >= 0.6 is 0 Å². The van der Waals surface area contributed by atoms with Gasteiger partial charge in [0.1, 0.15) is 11.9 Å². The van der Waals surface area contributed by atoms with Gasteiger partial charge in [0.05, 0.1) is 11.4 Å². The fourth-order valence-corrected chi connectivity index (χ4v) is 2.22. The first-order chi connectivity index (χ1) is 7.27. The van der Waals surface area contributed by atoms with Gasteiger partial charge in [0.15, 0.2) is 0 Å². The van der Waals surface area contributed by atoms with Crippen molar-refractivity contribution in [2.24, 2.45) is 0 Å². The van der Waals surface area contributed by atoms with Gasteiger partial charge >= 0.3 is 0 Å². The van der Waals surface area contributed by atoms with Gasteiger partial charge in [-0.2, -0.15) is 0 Å². The van der Waals surface area contributed by atoms with E-state index >= 15 is 0 Å². The second-order valence-electron chi connectivity index (χ2n) is 3.98. The Morgan fingerprint density at radius 2 is 2.07 bits per heavy atom. The lowest BCUT2D eigenvalue weighted by atomic mass is 10.1. The molecule has 0 saturated carbocycles. The maximum atomic E-state index is 5.88. The Labute approximate surface area is 89.1 Å². The monoisotopic (exact) mass is 199 g/mol. The van der Waals surface area contributed by atoms with Gasteiger partial charge in [-0.1, -0.05) is 12.1 Å². The first-order valence-electron chi connectivity index (χ1n) is 5.21. The maximum Gasteiger partial charge on any atom is 0.144 e. The van der Waals surface area contributed by atoms with E-state index < -0.39 is 0 Å². The van der Waals surface area contributed by atoms with Gasteiger partial charge in [-0.25, -0.2) is 0 Å². The molecule has 1 unspecified atom stereocenters. The lowest BCUT2D eigenvalue weighted by molar-refractivity contribution is 0.207. The quantitative estimate of drug-likeness (QED) is 0.635. The first kappa shape index (κ1) is 8.60. The molecule has 1 aromatic carbocycles. The number of hydrogen-bond donors (Lipinski definition) is 0. The fourth-order valence-electron chi connectivity index (χ4n) is 2.22. The van der Waals surface area contributed by atoms with Crippen LogP contribution in [-0.4, -0.2) is 4.57 Å². The van der Waals surface area contributed by atoms with E-state index in [1.165, 1.54) is 16.9 Å². The van der Waals surface area contributed by atoms with E-state index in [9.17, 15) is 0 Å². The minimum atomic E-state index is 0.134. The second kappa shape index (κ2) is 2.89. The molecule has 0 spiro atoms. The summed E-state index contributed by atoms with van der Waals surface area (Å²) in [6, 6.07) is 10.4. The number of aromatic nitrogens is 1. The summed E-state index contributed by atoms with van der Waals surface area (Å²) in [7, 11) is 0. The number of benzene rings is 1. The van der Waals surface area contributed by atoms with Crippen LogP contribution in [0.25, 0.3) is 5.69 Å². The Hall–Kier alpha value is -1.70. The van der Waals surface area contributed by atoms with Crippen LogP contribution in [-0.2, 0) is 0 Å². The summed E-state index contributed by atoms with van der Waals surface area (Å²) in [4.78, 5) is 0. The number of ether oxygens (including phenoxy) is 1. The zero-order valence-electron chi connectivity index (χ0n) is 8.90. The number of nitrogens with zero attached hydrogens (tertiary/aromatic N) is 1. The summed E-state index contributed by atoms with van der Waals surface area (Å²) in [5.74, 6) is 0.978. The average molecular weight is 199 g/mol. The molecular formula is C13H13NO. The molecular weight excluding hydrogens is 186 g/mol. The zero-order chi connectivity index (χ0) is 10.4. The van der Waals surface area contributed by atoms with Crippen LogP contribution in [0.15, 0.2) is 36.5 Å². The van der Waals surface area contributed by atoms with Crippen molar-refractivity contribution in [2.75, 3.05) is 0 Å². The lowest BCUT2D eigenvalue weighted by Gasteiger charge is -2.27. The molecule has 76 valence electrons. The lowest BCUT2D eigenvalue weighted by Crippen LogP contribution is -2.16. The Bertz CT molecular complexity index is 513. The molecule has 1 aliphatic heterocycles. The van der Waals surface area contributed by atoms with Crippen molar-refractivity contribution in [1.29, 1.82) is 0 Å². The molecule has 1 aromatic heterocycles. The first-order valence-corrected chi connectivity index (χ1v) is 5.21. The number of rotatable bonds is 0. The fraction of sp³-hybridized carbons (Fsp3) is 0.231. The van der Waals surface area contributed by atoms with E-state index in [1.54, 1.807) is 0 Å². The van der Waals surface area contributed by atoms with Crippen LogP contribution in [0.4, 0.5) is 0 Å². The van der Waals surface area contributed by atoms with Crippen molar-refractivity contribution in [3.05, 3.63) is 47.8 Å². The van der Waals surface area contributed by atoms with Crippen molar-refractivity contribution >= 4 is 0 Å². The largest absolute Gasteiger partial charge is 0.482 e. The SMILES string of the molecule is Cc1cccc2c1-n1cccc1C(C)O2. The van der Waals surface area contributed by atoms with E-state index in [4.69, 9.17) is 4.74 Å². The predicted octanol–water partition coefficient (Wildman–Crippen LogP) is 3.24. The highest BCUT2D eigenvalue weighted by atomic mass is 16.5. The number of fused-ring (bicyclic) bond motifs is 3. The molecule has 0 amide bonds. The van der Waals surface area contributed by atoms with Gasteiger partial charge in [-0.3, -0.25) is 0 Å². The highest BCUT2D eigenvalue weighted by Gasteiger charge is 2.22. The molecule has 0 N–H and O–H groups in total. The van der Waals surface area contributed by atoms with E-state index in [-0.39, 0.29) is 6.10 Å². The standard InChI is InChI=1S/C13H13NO/c1-9-5-3-7-12-13(9)14-8-4-6-11(14)10(2)15-12/h3-8,10H,1-2H3. The van der Waals surface area contributed by atoms with E-state index in [0.717, 1.165) is 5.75 Å². The van der Waals surface area contributed by atoms with Gasteiger partial charge in [0, 0.05) is 6.20 Å². The van der Waals surface area contributed by atoms with Gasteiger partial charge in [-0.15, -0.1) is 0 Å². The third-order valence-corrected chi connectivity index (χ3v) is 2.94. The van der Waals surface area contributed by atoms with Crippen molar-refractivity contribution in [3.8, 4) is 11.4 Å². The molecule has 3 rings (SSSR count). The van der Waals surface area contributed by atoms with Gasteiger partial charge in [-0.05, 0) is 37.6 Å². The smallest absolute Gasteiger partial charge is 0.144 e. The topological polar surface area (TPSA) is 14.2 Å². The van der Waals surface area contributed by atoms with Crippen LogP contribution in [0, 0.1) is 6.92 Å². The third-order valence-electron chi connectivity index (χ3n) is 2.94. The Morgan fingerprint density at radius 1 is 1.20 bits per heavy atom. The normalized spacial score (nSPS) is 17.9. The van der Waals surface area contributed by atoms with Gasteiger partial charge in [0.2, 0.25) is 0 Å². The van der Waals surface area contributed by atoms with Crippen molar-refractivity contribution < 1.29 is 4.74 Å². The van der Waals surface area contributed by atoms with Crippen LogP contribution in [0.3, 0.4) is 0 Å². The van der Waals surface area contributed by atoms with E-state index in [0.29, 0.717) is 0 Å². The van der Waals surface area contributed by atoms with E-state index in [1.807, 2.05) is 12.1 Å². The molecule has 0 aliphatic carbocycles. The molecule has 0 bridgehead atoms. The summed E-state index contributed by atoms with van der Waals surface area (Å²) in [5, 5.41) is 0. The molecule has 15 heavy (non-hydrogen) atoms. The minimum Gasteiger partial charge on any atom is -0.482 e. The number of hydrogen-bond acceptors (Lipinski definition) is 1. The summed E-state index contributed by atoms with van der Waals surface area (Å²) >= 11 is 0. The van der Waals surface area contributed by atoms with Crippen LogP contribution in [0.2, 0.25) is 0 Å². The molecule has 0 fully saturated rings. The average Bonchev–Trinajstić information content (AvgIpc) is 2.66.